The van der Waals surface area contributed by atoms with E-state index in [1.807, 2.05) is 0 Å². The summed E-state index contributed by atoms with van der Waals surface area (Å²) < 4.78 is -0.0156. The number of hydrogen-bond acceptors (Lipinski definition) is 2. The number of nitrogens with zero attached hydrogens (tertiary/aromatic N) is 1. The Bertz CT molecular complexity index is 91.6. The molecule has 1 aliphatic rings. The molecule has 0 bridgehead atoms. The number of likely N-dealkylation sites (tertiary alicyclic amines) is 1. The fraction of sp³-hybridized carbons (Fsp3) is 1.00. The van der Waals surface area contributed by atoms with E-state index in [0.29, 0.717) is 0 Å². The van der Waals surface area contributed by atoms with E-state index in [2.05, 4.69) is 4.90 Å². The summed E-state index contributed by atoms with van der Waals surface area (Å²) >= 11 is 0.916. The van der Waals surface area contributed by atoms with Crippen LogP contribution in [0.25, 0.3) is 0 Å². The zero-order chi connectivity index (χ0) is 7.40. The van der Waals surface area contributed by atoms with Crippen LogP contribution < -0.4 is 0 Å². The van der Waals surface area contributed by atoms with Crippen LogP contribution in [0.2, 0.25) is 0 Å². The van der Waals surface area contributed by atoms with Crippen molar-refractivity contribution in [2.24, 2.45) is 0 Å². The topological polar surface area (TPSA) is 23.5 Å². The van der Waals surface area contributed by atoms with Gasteiger partial charge in [-0.1, -0.05) is 0 Å². The first-order chi connectivity index (χ1) is 4.79. The average molecular weight is 335 g/mol. The van der Waals surface area contributed by atoms with Crippen LogP contribution in [0.15, 0.2) is 0 Å². The molecule has 3 heteroatoms. The van der Waals surface area contributed by atoms with Crippen LogP contribution in [0.4, 0.5) is 0 Å². The standard InChI is InChI=1S/C7H14NO.Pb/c9-7-6-8-4-2-1-3-5-8;/h7,9H,1-6H2;. The molecule has 1 N–H and O–H groups in total. The first-order valence-corrected chi connectivity index (χ1v) is 6.15. The first-order valence-electron chi connectivity index (χ1n) is 3.90. The van der Waals surface area contributed by atoms with Gasteiger partial charge in [0.05, 0.1) is 0 Å². The van der Waals surface area contributed by atoms with E-state index in [0.717, 1.165) is 32.3 Å². The number of piperidine rings is 1. The third kappa shape index (κ3) is 3.30. The minimum absolute atomic E-state index is 0.0156. The Kier molecular flexibility index (Phi) is 4.17. The van der Waals surface area contributed by atoms with Crippen LogP contribution in [-0.2, 0) is 0 Å². The zero-order valence-electron chi connectivity index (χ0n) is 6.21. The second-order valence-electron chi connectivity index (χ2n) is 2.88. The van der Waals surface area contributed by atoms with Crippen molar-refractivity contribution in [1.29, 1.82) is 0 Å². The number of aliphatic hydroxyl groups is 1. The van der Waals surface area contributed by atoms with Gasteiger partial charge in [-0.25, -0.2) is 0 Å². The summed E-state index contributed by atoms with van der Waals surface area (Å²) in [4.78, 5) is 2.38. The molecule has 2 nitrogen and oxygen atoms in total. The normalized spacial score (nSPS) is 24.6. The van der Waals surface area contributed by atoms with Crippen molar-refractivity contribution in [3.05, 3.63) is 0 Å². The Morgan fingerprint density at radius 1 is 1.30 bits per heavy atom. The molecule has 0 amide bonds. The van der Waals surface area contributed by atoms with E-state index in [1.54, 1.807) is 0 Å². The fourth-order valence-electron chi connectivity index (χ4n) is 1.39. The molecule has 0 spiro atoms. The van der Waals surface area contributed by atoms with Crippen LogP contribution in [0, 0.1) is 0 Å². The van der Waals surface area contributed by atoms with Crippen molar-refractivity contribution in [2.75, 3.05) is 19.6 Å². The summed E-state index contributed by atoms with van der Waals surface area (Å²) in [5.74, 6) is 0. The Labute approximate surface area is 78.3 Å². The summed E-state index contributed by atoms with van der Waals surface area (Å²) in [6.45, 7) is 3.34. The van der Waals surface area contributed by atoms with E-state index in [1.165, 1.54) is 32.4 Å². The van der Waals surface area contributed by atoms with Crippen LogP contribution in [-0.4, -0.2) is 59.1 Å². The summed E-state index contributed by atoms with van der Waals surface area (Å²) in [6.07, 6.45) is 4.04. The molecule has 0 aromatic heterocycles. The molecule has 0 aromatic rings. The number of β-amino-alcohol motifs (C(OH)–C–C–N with tert-alkyl or cyclic N) is 1. The summed E-state index contributed by atoms with van der Waals surface area (Å²) in [7, 11) is 0. The molecule has 1 unspecified atom stereocenters. The van der Waals surface area contributed by atoms with E-state index < -0.39 is 0 Å². The minimum atomic E-state index is -0.0156. The third-order valence-corrected chi connectivity index (χ3v) is 2.59. The predicted molar refractivity (Wildman–Crippen MR) is 42.1 cm³/mol. The Morgan fingerprint density at radius 3 is 2.40 bits per heavy atom. The molecule has 1 heterocycles. The maximum atomic E-state index is 9.12. The van der Waals surface area contributed by atoms with Gasteiger partial charge in [0.1, 0.15) is 0 Å². The van der Waals surface area contributed by atoms with Gasteiger partial charge in [0.2, 0.25) is 0 Å². The molecular formula is C7H14NOPb. The molecule has 0 saturated carbocycles. The van der Waals surface area contributed by atoms with E-state index >= 15 is 0 Å². The number of aliphatic hydroxyl groups excluding tert-OH is 1. The van der Waals surface area contributed by atoms with Gasteiger partial charge >= 0.3 is 78.3 Å². The van der Waals surface area contributed by atoms with Crippen LogP contribution in [0.3, 0.4) is 0 Å². The van der Waals surface area contributed by atoms with Gasteiger partial charge < -0.3 is 0 Å². The molecule has 0 aromatic carbocycles. The predicted octanol–water partition coefficient (Wildman–Crippen LogP) is -0.0408. The van der Waals surface area contributed by atoms with Crippen molar-refractivity contribution in [3.8, 4) is 0 Å². The molecule has 1 saturated heterocycles. The van der Waals surface area contributed by atoms with E-state index in [-0.39, 0.29) is 3.66 Å². The van der Waals surface area contributed by atoms with Gasteiger partial charge in [-0.2, -0.15) is 0 Å². The van der Waals surface area contributed by atoms with E-state index in [9.17, 15) is 0 Å². The number of hydrogen-bond donors (Lipinski definition) is 1. The van der Waals surface area contributed by atoms with Crippen molar-refractivity contribution in [1.82, 2.24) is 4.90 Å². The maximum absolute atomic E-state index is 9.12. The molecule has 1 fully saturated rings. The van der Waals surface area contributed by atoms with E-state index in [4.69, 9.17) is 5.11 Å². The average Bonchev–Trinajstić information content (AvgIpc) is 1.88. The molecule has 10 heavy (non-hydrogen) atoms. The monoisotopic (exact) mass is 336 g/mol. The van der Waals surface area contributed by atoms with Crippen LogP contribution in [0.5, 0.6) is 0 Å². The van der Waals surface area contributed by atoms with Crippen molar-refractivity contribution < 1.29 is 5.11 Å². The van der Waals surface area contributed by atoms with Gasteiger partial charge in [0.15, 0.2) is 0 Å². The Morgan fingerprint density at radius 2 is 1.90 bits per heavy atom. The second-order valence-corrected chi connectivity index (χ2v) is 5.47. The molecule has 3 radical (unpaired) electrons. The molecule has 1 rings (SSSR count). The van der Waals surface area contributed by atoms with Gasteiger partial charge in [0, 0.05) is 0 Å². The molecule has 0 aliphatic carbocycles. The molecule has 1 aliphatic heterocycles. The summed E-state index contributed by atoms with van der Waals surface area (Å²) in [5, 5.41) is 9.12. The Balaban J connectivity index is 2.13. The molecule has 57 valence electrons. The third-order valence-electron chi connectivity index (χ3n) is 1.88. The molecule has 1 atom stereocenters. The SMILES string of the molecule is O[CH]([Pb])CN1CCCCC1. The fourth-order valence-corrected chi connectivity index (χ4v) is 2.39. The zero-order valence-corrected chi connectivity index (χ0v) is 10.1. The van der Waals surface area contributed by atoms with Gasteiger partial charge in [0.25, 0.3) is 0 Å². The van der Waals surface area contributed by atoms with Crippen molar-refractivity contribution >= 4 is 25.8 Å². The quantitative estimate of drug-likeness (QED) is 0.716. The Hall–Kier alpha value is 0.842. The second kappa shape index (κ2) is 4.67. The first kappa shape index (κ1) is 8.93. The summed E-state index contributed by atoms with van der Waals surface area (Å²) in [5.41, 5.74) is 0. The summed E-state index contributed by atoms with van der Waals surface area (Å²) in [6, 6.07) is 0. The molecular weight excluding hydrogens is 321 g/mol. The van der Waals surface area contributed by atoms with Crippen molar-refractivity contribution in [3.63, 3.8) is 0 Å². The van der Waals surface area contributed by atoms with Crippen LogP contribution >= 0.6 is 0 Å². The number of rotatable bonds is 2. The van der Waals surface area contributed by atoms with Crippen molar-refractivity contribution in [2.45, 2.75) is 22.9 Å². The van der Waals surface area contributed by atoms with Gasteiger partial charge in [-0.05, 0) is 0 Å². The van der Waals surface area contributed by atoms with Crippen LogP contribution in [0.1, 0.15) is 19.3 Å². The van der Waals surface area contributed by atoms with Gasteiger partial charge in [-0.3, -0.25) is 0 Å². The van der Waals surface area contributed by atoms with Gasteiger partial charge in [-0.15, -0.1) is 0 Å².